The van der Waals surface area contributed by atoms with Gasteiger partial charge in [0.1, 0.15) is 5.76 Å². The topological polar surface area (TPSA) is 46.3 Å². The van der Waals surface area contributed by atoms with E-state index in [0.29, 0.717) is 23.7 Å². The zero-order valence-electron chi connectivity index (χ0n) is 11.7. The monoisotopic (exact) mass is 292 g/mol. The summed E-state index contributed by atoms with van der Waals surface area (Å²) in [7, 11) is 0. The average molecular weight is 292 g/mol. The molecule has 1 saturated carbocycles. The maximum Gasteiger partial charge on any atom is 0.276 e. The van der Waals surface area contributed by atoms with E-state index in [1.807, 2.05) is 17.8 Å². The summed E-state index contributed by atoms with van der Waals surface area (Å²) in [6.45, 7) is 0. The molecule has 108 valence electrons. The van der Waals surface area contributed by atoms with Gasteiger partial charge in [0.05, 0.1) is 0 Å². The lowest BCUT2D eigenvalue weighted by Gasteiger charge is -2.38. The highest BCUT2D eigenvalue weighted by Gasteiger charge is 2.44. The van der Waals surface area contributed by atoms with Crippen LogP contribution in [0, 0.1) is 0 Å². The predicted octanol–water partition coefficient (Wildman–Crippen LogP) is 3.05. The summed E-state index contributed by atoms with van der Waals surface area (Å²) < 4.78 is 5.33. The van der Waals surface area contributed by atoms with Gasteiger partial charge >= 0.3 is 0 Å². The Kier molecular flexibility index (Phi) is 3.05. The molecule has 2 atom stereocenters. The molecule has 1 aromatic heterocycles. The summed E-state index contributed by atoms with van der Waals surface area (Å²) in [6.07, 6.45) is 9.11. The summed E-state index contributed by atoms with van der Waals surface area (Å²) in [4.78, 5) is 14.8. The first-order chi connectivity index (χ1) is 9.76. The first kappa shape index (κ1) is 12.7. The maximum absolute atomic E-state index is 12.7. The zero-order chi connectivity index (χ0) is 13.7. The van der Waals surface area contributed by atoms with Gasteiger partial charge in [-0.25, -0.2) is 0 Å². The SMILES string of the molecule is CSC1CC2CCC(C1)N2C(=O)c1cc(C2CC2)on1. The molecule has 4 nitrogen and oxygen atoms in total. The van der Waals surface area contributed by atoms with Crippen molar-refractivity contribution >= 4 is 17.7 Å². The number of carbonyl (C=O) groups is 1. The lowest BCUT2D eigenvalue weighted by molar-refractivity contribution is 0.0591. The van der Waals surface area contributed by atoms with Crippen LogP contribution in [0.1, 0.15) is 60.7 Å². The minimum atomic E-state index is 0.0905. The van der Waals surface area contributed by atoms with E-state index < -0.39 is 0 Å². The molecule has 0 spiro atoms. The van der Waals surface area contributed by atoms with Gasteiger partial charge in [-0.3, -0.25) is 4.79 Å². The van der Waals surface area contributed by atoms with Gasteiger partial charge in [-0.05, 0) is 44.8 Å². The summed E-state index contributed by atoms with van der Waals surface area (Å²) >= 11 is 1.95. The minimum Gasteiger partial charge on any atom is -0.360 e. The van der Waals surface area contributed by atoms with Gasteiger partial charge < -0.3 is 9.42 Å². The van der Waals surface area contributed by atoms with E-state index in [2.05, 4.69) is 16.3 Å². The molecular weight excluding hydrogens is 272 g/mol. The van der Waals surface area contributed by atoms with Gasteiger partial charge in [0, 0.05) is 29.3 Å². The van der Waals surface area contributed by atoms with Gasteiger partial charge in [-0.2, -0.15) is 11.8 Å². The number of piperidine rings is 1. The second-order valence-electron chi connectivity index (χ2n) is 6.32. The molecule has 2 saturated heterocycles. The molecule has 2 unspecified atom stereocenters. The van der Waals surface area contributed by atoms with Crippen LogP contribution in [0.3, 0.4) is 0 Å². The first-order valence-electron chi connectivity index (χ1n) is 7.58. The molecule has 0 aromatic carbocycles. The average Bonchev–Trinajstić information content (AvgIpc) is 3.14. The number of hydrogen-bond donors (Lipinski definition) is 0. The van der Waals surface area contributed by atoms with Crippen molar-refractivity contribution in [3.8, 4) is 0 Å². The van der Waals surface area contributed by atoms with E-state index in [9.17, 15) is 4.79 Å². The van der Waals surface area contributed by atoms with Gasteiger partial charge in [0.25, 0.3) is 5.91 Å². The third-order valence-corrected chi connectivity index (χ3v) is 6.04. The Morgan fingerprint density at radius 1 is 1.30 bits per heavy atom. The molecule has 1 aliphatic carbocycles. The summed E-state index contributed by atoms with van der Waals surface area (Å²) in [5.41, 5.74) is 0.520. The molecule has 5 heteroatoms. The third kappa shape index (κ3) is 2.07. The second kappa shape index (κ2) is 4.79. The van der Waals surface area contributed by atoms with E-state index in [4.69, 9.17) is 4.52 Å². The van der Waals surface area contributed by atoms with Crippen molar-refractivity contribution in [2.75, 3.05) is 6.26 Å². The number of rotatable bonds is 3. The number of fused-ring (bicyclic) bond motifs is 2. The zero-order valence-corrected chi connectivity index (χ0v) is 12.6. The number of carbonyl (C=O) groups excluding carboxylic acids is 1. The molecule has 1 amide bonds. The van der Waals surface area contributed by atoms with Crippen LogP contribution in [0.2, 0.25) is 0 Å². The van der Waals surface area contributed by atoms with Crippen LogP contribution >= 0.6 is 11.8 Å². The van der Waals surface area contributed by atoms with Gasteiger partial charge in [-0.1, -0.05) is 5.16 Å². The number of hydrogen-bond acceptors (Lipinski definition) is 4. The normalized spacial score (nSPS) is 32.6. The third-order valence-electron chi connectivity index (χ3n) is 4.98. The number of nitrogens with zero attached hydrogens (tertiary/aromatic N) is 2. The molecule has 2 bridgehead atoms. The van der Waals surface area contributed by atoms with E-state index in [-0.39, 0.29) is 5.91 Å². The second-order valence-corrected chi connectivity index (χ2v) is 7.45. The molecular formula is C15H20N2O2S. The van der Waals surface area contributed by atoms with Gasteiger partial charge in [-0.15, -0.1) is 0 Å². The smallest absolute Gasteiger partial charge is 0.276 e. The molecule has 20 heavy (non-hydrogen) atoms. The van der Waals surface area contributed by atoms with Crippen LogP contribution in [0.25, 0.3) is 0 Å². The summed E-state index contributed by atoms with van der Waals surface area (Å²) in [6, 6.07) is 2.71. The van der Waals surface area contributed by atoms with E-state index in [1.54, 1.807) is 0 Å². The fourth-order valence-corrected chi connectivity index (χ4v) is 4.56. The van der Waals surface area contributed by atoms with Crippen LogP contribution in [0.5, 0.6) is 0 Å². The Balaban J connectivity index is 1.53. The largest absolute Gasteiger partial charge is 0.360 e. The van der Waals surface area contributed by atoms with Crippen LogP contribution in [0.4, 0.5) is 0 Å². The fourth-order valence-electron chi connectivity index (χ4n) is 3.73. The van der Waals surface area contributed by atoms with Crippen LogP contribution in [-0.4, -0.2) is 39.6 Å². The molecule has 1 aromatic rings. The molecule has 2 aliphatic heterocycles. The number of aromatic nitrogens is 1. The number of thioether (sulfide) groups is 1. The lowest BCUT2D eigenvalue weighted by Crippen LogP contribution is -2.47. The standard InChI is InChI=1S/C15H20N2O2S/c1-20-12-6-10-4-5-11(7-12)17(10)15(18)13-8-14(19-16-13)9-2-3-9/h8-12H,2-7H2,1H3. The van der Waals surface area contributed by atoms with E-state index >= 15 is 0 Å². The summed E-state index contributed by atoms with van der Waals surface area (Å²) in [5, 5.41) is 4.74. The van der Waals surface area contributed by atoms with Crippen LogP contribution < -0.4 is 0 Å². The fraction of sp³-hybridized carbons (Fsp3) is 0.733. The molecule has 3 fully saturated rings. The Morgan fingerprint density at radius 3 is 2.60 bits per heavy atom. The molecule has 3 aliphatic rings. The van der Waals surface area contributed by atoms with Crippen LogP contribution in [0.15, 0.2) is 10.6 Å². The van der Waals surface area contributed by atoms with Crippen molar-refractivity contribution < 1.29 is 9.32 Å². The highest BCUT2D eigenvalue weighted by molar-refractivity contribution is 7.99. The lowest BCUT2D eigenvalue weighted by atomic mass is 10.0. The van der Waals surface area contributed by atoms with Crippen molar-refractivity contribution in [3.63, 3.8) is 0 Å². The van der Waals surface area contributed by atoms with Gasteiger partial charge in [0.2, 0.25) is 0 Å². The maximum atomic E-state index is 12.7. The van der Waals surface area contributed by atoms with Crippen LogP contribution in [-0.2, 0) is 0 Å². The highest BCUT2D eigenvalue weighted by atomic mass is 32.2. The van der Waals surface area contributed by atoms with Gasteiger partial charge in [0.15, 0.2) is 5.69 Å². The van der Waals surface area contributed by atoms with Crippen molar-refractivity contribution in [2.24, 2.45) is 0 Å². The summed E-state index contributed by atoms with van der Waals surface area (Å²) in [5.74, 6) is 1.51. The highest BCUT2D eigenvalue weighted by Crippen LogP contribution is 2.42. The predicted molar refractivity (Wildman–Crippen MR) is 78.0 cm³/mol. The minimum absolute atomic E-state index is 0.0905. The van der Waals surface area contributed by atoms with Crippen molar-refractivity contribution in [2.45, 2.75) is 61.8 Å². The van der Waals surface area contributed by atoms with E-state index in [0.717, 1.165) is 36.7 Å². The first-order valence-corrected chi connectivity index (χ1v) is 8.87. The Bertz CT molecular complexity index is 512. The number of amides is 1. The van der Waals surface area contributed by atoms with E-state index in [1.165, 1.54) is 12.8 Å². The Labute approximate surface area is 123 Å². The quantitative estimate of drug-likeness (QED) is 0.859. The Hall–Kier alpha value is -0.970. The van der Waals surface area contributed by atoms with Crippen molar-refractivity contribution in [3.05, 3.63) is 17.5 Å². The molecule has 3 heterocycles. The Morgan fingerprint density at radius 2 is 2.00 bits per heavy atom. The molecule has 0 radical (unpaired) electrons. The van der Waals surface area contributed by atoms with Crippen molar-refractivity contribution in [1.82, 2.24) is 10.1 Å². The molecule has 0 N–H and O–H groups in total. The van der Waals surface area contributed by atoms with Crippen molar-refractivity contribution in [1.29, 1.82) is 0 Å². The molecule has 4 rings (SSSR count).